The summed E-state index contributed by atoms with van der Waals surface area (Å²) in [6.45, 7) is 4.07. The Kier molecular flexibility index (Phi) is 4.94. The molecule has 0 aliphatic heterocycles. The average molecular weight is 379 g/mol. The minimum atomic E-state index is -0.402. The Morgan fingerprint density at radius 1 is 1.11 bits per heavy atom. The molecule has 0 saturated heterocycles. The SMILES string of the molecule is Cc1cccc(C)c1-n1nnnc1S[C@H](C(=O)NC1CC1)c1ccccc1. The lowest BCUT2D eigenvalue weighted by molar-refractivity contribution is -0.120. The van der Waals surface area contributed by atoms with Gasteiger partial charge in [-0.25, -0.2) is 0 Å². The lowest BCUT2D eigenvalue weighted by Gasteiger charge is -2.17. The van der Waals surface area contributed by atoms with Crippen LogP contribution in [0.5, 0.6) is 0 Å². The van der Waals surface area contributed by atoms with Gasteiger partial charge in [0.25, 0.3) is 0 Å². The Balaban J connectivity index is 1.68. The zero-order chi connectivity index (χ0) is 18.8. The second kappa shape index (κ2) is 7.52. The van der Waals surface area contributed by atoms with Crippen molar-refractivity contribution in [2.45, 2.75) is 43.1 Å². The van der Waals surface area contributed by atoms with E-state index in [2.05, 4.69) is 20.8 Å². The van der Waals surface area contributed by atoms with Crippen molar-refractivity contribution in [3.8, 4) is 5.69 Å². The number of carbonyl (C=O) groups is 1. The molecule has 1 aliphatic rings. The molecule has 0 unspecified atom stereocenters. The number of tetrazole rings is 1. The van der Waals surface area contributed by atoms with Crippen LogP contribution in [0.3, 0.4) is 0 Å². The second-order valence-electron chi connectivity index (χ2n) is 6.81. The van der Waals surface area contributed by atoms with E-state index < -0.39 is 5.25 Å². The maximum atomic E-state index is 12.9. The van der Waals surface area contributed by atoms with Gasteiger partial charge in [-0.2, -0.15) is 4.68 Å². The molecule has 1 atom stereocenters. The summed E-state index contributed by atoms with van der Waals surface area (Å²) in [5.74, 6) is 0.00440. The molecule has 1 fully saturated rings. The first-order valence-corrected chi connectivity index (χ1v) is 9.88. The van der Waals surface area contributed by atoms with Gasteiger partial charge in [0.1, 0.15) is 5.25 Å². The summed E-state index contributed by atoms with van der Waals surface area (Å²) in [6.07, 6.45) is 2.11. The fourth-order valence-electron chi connectivity index (χ4n) is 3.04. The fourth-order valence-corrected chi connectivity index (χ4v) is 4.03. The van der Waals surface area contributed by atoms with Crippen LogP contribution in [0.1, 0.15) is 34.8 Å². The van der Waals surface area contributed by atoms with E-state index in [4.69, 9.17) is 0 Å². The van der Waals surface area contributed by atoms with Gasteiger partial charge in [-0.3, -0.25) is 4.79 Å². The third-order valence-electron chi connectivity index (χ3n) is 4.58. The van der Waals surface area contributed by atoms with Gasteiger partial charge in [0.2, 0.25) is 11.1 Å². The van der Waals surface area contributed by atoms with Crippen molar-refractivity contribution in [3.05, 3.63) is 65.2 Å². The third-order valence-corrected chi connectivity index (χ3v) is 5.77. The smallest absolute Gasteiger partial charge is 0.238 e. The molecule has 0 bridgehead atoms. The quantitative estimate of drug-likeness (QED) is 0.665. The van der Waals surface area contributed by atoms with Gasteiger partial charge < -0.3 is 5.32 Å². The summed E-state index contributed by atoms with van der Waals surface area (Å²) in [7, 11) is 0. The first kappa shape index (κ1) is 17.7. The van der Waals surface area contributed by atoms with E-state index in [1.165, 1.54) is 11.8 Å². The Morgan fingerprint density at radius 3 is 2.48 bits per heavy atom. The Morgan fingerprint density at radius 2 is 1.81 bits per heavy atom. The Labute approximate surface area is 162 Å². The highest BCUT2D eigenvalue weighted by molar-refractivity contribution is 8.00. The molecule has 3 aromatic rings. The predicted octanol–water partition coefficient (Wildman–Crippen LogP) is 3.39. The molecular weight excluding hydrogens is 358 g/mol. The van der Waals surface area contributed by atoms with E-state index in [0.29, 0.717) is 11.2 Å². The normalized spacial score (nSPS) is 14.7. The molecule has 27 heavy (non-hydrogen) atoms. The van der Waals surface area contributed by atoms with Crippen molar-refractivity contribution < 1.29 is 4.79 Å². The number of hydrogen-bond donors (Lipinski definition) is 1. The predicted molar refractivity (Wildman–Crippen MR) is 105 cm³/mol. The number of benzene rings is 2. The number of nitrogens with zero attached hydrogens (tertiary/aromatic N) is 4. The number of nitrogens with one attached hydrogen (secondary N) is 1. The monoisotopic (exact) mass is 379 g/mol. The van der Waals surface area contributed by atoms with Crippen LogP contribution in [-0.4, -0.2) is 32.2 Å². The number of thioether (sulfide) groups is 1. The summed E-state index contributed by atoms with van der Waals surface area (Å²) in [5, 5.41) is 15.6. The van der Waals surface area contributed by atoms with Gasteiger partial charge in [-0.1, -0.05) is 60.3 Å². The van der Waals surface area contributed by atoms with E-state index in [1.807, 2.05) is 62.4 Å². The minimum absolute atomic E-state index is 0.00440. The van der Waals surface area contributed by atoms with Gasteiger partial charge >= 0.3 is 0 Å². The van der Waals surface area contributed by atoms with Gasteiger partial charge in [0, 0.05) is 6.04 Å². The van der Waals surface area contributed by atoms with Crippen LogP contribution in [0.2, 0.25) is 0 Å². The summed E-state index contributed by atoms with van der Waals surface area (Å²) in [4.78, 5) is 12.9. The molecular formula is C20H21N5OS. The number of hydrogen-bond acceptors (Lipinski definition) is 5. The average Bonchev–Trinajstić information content (AvgIpc) is 3.36. The van der Waals surface area contributed by atoms with Crippen molar-refractivity contribution in [1.82, 2.24) is 25.5 Å². The topological polar surface area (TPSA) is 72.7 Å². The number of aromatic nitrogens is 4. The molecule has 1 N–H and O–H groups in total. The first-order chi connectivity index (χ1) is 13.1. The molecule has 0 spiro atoms. The highest BCUT2D eigenvalue weighted by Gasteiger charge is 2.30. The molecule has 0 radical (unpaired) electrons. The Hall–Kier alpha value is -2.67. The standard InChI is InChI=1S/C20H21N5OS/c1-13-7-6-8-14(2)17(13)25-20(22-23-24-25)27-18(15-9-4-3-5-10-15)19(26)21-16-11-12-16/h3-10,16,18H,11-12H2,1-2H3,(H,21,26)/t18-/m0/s1. The lowest BCUT2D eigenvalue weighted by Crippen LogP contribution is -2.30. The van der Waals surface area contributed by atoms with E-state index in [0.717, 1.165) is 35.2 Å². The van der Waals surface area contributed by atoms with E-state index in [-0.39, 0.29) is 5.91 Å². The van der Waals surface area contributed by atoms with Crippen LogP contribution in [0.4, 0.5) is 0 Å². The van der Waals surface area contributed by atoms with Crippen LogP contribution in [0, 0.1) is 13.8 Å². The van der Waals surface area contributed by atoms with Crippen molar-refractivity contribution >= 4 is 17.7 Å². The largest absolute Gasteiger partial charge is 0.352 e. The second-order valence-corrected chi connectivity index (χ2v) is 7.88. The fraction of sp³-hybridized carbons (Fsp3) is 0.300. The van der Waals surface area contributed by atoms with Crippen molar-refractivity contribution in [1.29, 1.82) is 0 Å². The van der Waals surface area contributed by atoms with Crippen LogP contribution < -0.4 is 5.32 Å². The number of para-hydroxylation sites is 1. The summed E-state index contributed by atoms with van der Waals surface area (Å²) >= 11 is 1.38. The number of rotatable bonds is 6. The van der Waals surface area contributed by atoms with Gasteiger partial charge in [-0.15, -0.1) is 5.10 Å². The molecule has 6 nitrogen and oxygen atoms in total. The van der Waals surface area contributed by atoms with Crippen LogP contribution in [0.25, 0.3) is 5.69 Å². The molecule has 1 aliphatic carbocycles. The van der Waals surface area contributed by atoms with Gasteiger partial charge in [0.15, 0.2) is 0 Å². The molecule has 1 saturated carbocycles. The minimum Gasteiger partial charge on any atom is -0.352 e. The lowest BCUT2D eigenvalue weighted by atomic mass is 10.1. The van der Waals surface area contributed by atoms with Crippen molar-refractivity contribution in [3.63, 3.8) is 0 Å². The zero-order valence-corrected chi connectivity index (χ0v) is 16.1. The zero-order valence-electron chi connectivity index (χ0n) is 15.3. The van der Waals surface area contributed by atoms with Crippen molar-refractivity contribution in [2.75, 3.05) is 0 Å². The van der Waals surface area contributed by atoms with Crippen LogP contribution in [-0.2, 0) is 4.79 Å². The molecule has 1 heterocycles. The van der Waals surface area contributed by atoms with E-state index >= 15 is 0 Å². The summed E-state index contributed by atoms with van der Waals surface area (Å²) < 4.78 is 1.73. The van der Waals surface area contributed by atoms with Gasteiger partial charge in [-0.05, 0) is 53.8 Å². The van der Waals surface area contributed by atoms with E-state index in [9.17, 15) is 4.79 Å². The molecule has 4 rings (SSSR count). The highest BCUT2D eigenvalue weighted by Crippen LogP contribution is 2.36. The number of amides is 1. The number of carbonyl (C=O) groups excluding carboxylic acids is 1. The maximum absolute atomic E-state index is 12.9. The Bertz CT molecular complexity index is 932. The maximum Gasteiger partial charge on any atom is 0.238 e. The molecule has 1 aromatic heterocycles. The molecule has 2 aromatic carbocycles. The molecule has 138 valence electrons. The summed E-state index contributed by atoms with van der Waals surface area (Å²) in [6, 6.07) is 16.2. The molecule has 1 amide bonds. The van der Waals surface area contributed by atoms with Crippen LogP contribution in [0.15, 0.2) is 53.7 Å². The van der Waals surface area contributed by atoms with Crippen molar-refractivity contribution in [2.24, 2.45) is 0 Å². The number of aryl methyl sites for hydroxylation is 2. The summed E-state index contributed by atoms with van der Waals surface area (Å²) in [5.41, 5.74) is 4.07. The van der Waals surface area contributed by atoms with Gasteiger partial charge in [0.05, 0.1) is 5.69 Å². The van der Waals surface area contributed by atoms with Crippen LogP contribution >= 0.6 is 11.8 Å². The molecule has 7 heteroatoms. The third kappa shape index (κ3) is 3.88. The first-order valence-electron chi connectivity index (χ1n) is 9.00. The highest BCUT2D eigenvalue weighted by atomic mass is 32.2. The van der Waals surface area contributed by atoms with E-state index in [1.54, 1.807) is 4.68 Å².